The van der Waals surface area contributed by atoms with E-state index in [0.29, 0.717) is 42.6 Å². The Morgan fingerprint density at radius 2 is 2.00 bits per heavy atom. The van der Waals surface area contributed by atoms with Crippen molar-refractivity contribution in [1.82, 2.24) is 24.0 Å². The molecule has 1 atom stereocenters. The van der Waals surface area contributed by atoms with Gasteiger partial charge in [-0.15, -0.1) is 5.92 Å². The van der Waals surface area contributed by atoms with Crippen molar-refractivity contribution >= 4 is 22.8 Å². The van der Waals surface area contributed by atoms with Crippen molar-refractivity contribution in [3.8, 4) is 17.9 Å². The van der Waals surface area contributed by atoms with Crippen LogP contribution < -0.4 is 27.2 Å². The topological polar surface area (TPSA) is 144 Å². The van der Waals surface area contributed by atoms with Gasteiger partial charge in [0.05, 0.1) is 29.9 Å². The SMILES string of the molecule is CC#CCn1c(N2CCC[C@@H](N)C2)c(C(=O)NCC2CCC2)c2c1c(=O)n(Cc1ncccc1C#N)c(=O)n2C. The predicted octanol–water partition coefficient (Wildman–Crippen LogP) is 1.30. The van der Waals surface area contributed by atoms with Crippen LogP contribution in [0.4, 0.5) is 5.82 Å². The molecule has 0 radical (unpaired) electrons. The van der Waals surface area contributed by atoms with Gasteiger partial charge in [-0.3, -0.25) is 23.7 Å². The number of aryl methyl sites for hydroxylation is 1. The summed E-state index contributed by atoms with van der Waals surface area (Å²) in [5.41, 5.74) is 6.55. The van der Waals surface area contributed by atoms with Crippen LogP contribution in [0.1, 0.15) is 60.6 Å². The van der Waals surface area contributed by atoms with Crippen LogP contribution in [0.3, 0.4) is 0 Å². The molecule has 3 aromatic rings. The van der Waals surface area contributed by atoms with Crippen molar-refractivity contribution in [2.75, 3.05) is 24.5 Å². The minimum Gasteiger partial charge on any atom is -0.356 e. The number of hydrogen-bond acceptors (Lipinski definition) is 7. The first-order chi connectivity index (χ1) is 19.3. The molecule has 1 aliphatic heterocycles. The van der Waals surface area contributed by atoms with Crippen LogP contribution in [0.25, 0.3) is 11.0 Å². The van der Waals surface area contributed by atoms with E-state index in [1.54, 1.807) is 30.7 Å². The van der Waals surface area contributed by atoms with Crippen molar-refractivity contribution in [3.63, 3.8) is 0 Å². The Bertz CT molecular complexity index is 1680. The number of aromatic nitrogens is 4. The van der Waals surface area contributed by atoms with E-state index < -0.39 is 11.2 Å². The molecule has 208 valence electrons. The zero-order valence-corrected chi connectivity index (χ0v) is 22.9. The molecule has 1 amide bonds. The van der Waals surface area contributed by atoms with Crippen molar-refractivity contribution < 1.29 is 4.79 Å². The lowest BCUT2D eigenvalue weighted by Crippen LogP contribution is -2.44. The number of nitrogens with zero attached hydrogens (tertiary/aromatic N) is 6. The number of pyridine rings is 1. The molecule has 11 nitrogen and oxygen atoms in total. The highest BCUT2D eigenvalue weighted by Crippen LogP contribution is 2.33. The van der Waals surface area contributed by atoms with E-state index >= 15 is 0 Å². The predicted molar refractivity (Wildman–Crippen MR) is 152 cm³/mol. The molecule has 0 spiro atoms. The molecule has 0 bridgehead atoms. The fraction of sp³-hybridized carbons (Fsp3) is 0.483. The summed E-state index contributed by atoms with van der Waals surface area (Å²) in [6, 6.07) is 5.21. The average Bonchev–Trinajstić information content (AvgIpc) is 3.27. The standard InChI is InChI=1S/C29H34N8O3/c1-3-4-14-36-25-24(34(2)29(40)37(28(25)39)18-22-20(15-30)10-6-12-32-22)23(26(38)33-16-19-8-5-9-19)27(36)35-13-7-11-21(31)17-35/h6,10,12,19,21H,5,7-9,11,13-14,16-18,31H2,1-2H3,(H,33,38)/t21-/m1/s1. The monoisotopic (exact) mass is 542 g/mol. The maximum Gasteiger partial charge on any atom is 0.331 e. The second-order valence-electron chi connectivity index (χ2n) is 10.6. The summed E-state index contributed by atoms with van der Waals surface area (Å²) in [6.45, 7) is 3.41. The summed E-state index contributed by atoms with van der Waals surface area (Å²) in [6.07, 6.45) is 6.53. The Morgan fingerprint density at radius 1 is 1.20 bits per heavy atom. The minimum atomic E-state index is -0.597. The summed E-state index contributed by atoms with van der Waals surface area (Å²) < 4.78 is 4.18. The Labute approximate surface area is 232 Å². The molecule has 1 aliphatic carbocycles. The van der Waals surface area contributed by atoms with Crippen LogP contribution >= 0.6 is 0 Å². The van der Waals surface area contributed by atoms with Crippen molar-refractivity contribution in [3.05, 3.63) is 56.0 Å². The molecule has 3 N–H and O–H groups in total. The third kappa shape index (κ3) is 4.89. The van der Waals surface area contributed by atoms with Gasteiger partial charge in [-0.05, 0) is 50.7 Å². The smallest absolute Gasteiger partial charge is 0.331 e. The first-order valence-electron chi connectivity index (χ1n) is 13.7. The van der Waals surface area contributed by atoms with Crippen LogP contribution in [0.2, 0.25) is 0 Å². The molecule has 2 fully saturated rings. The largest absolute Gasteiger partial charge is 0.356 e. The summed E-state index contributed by atoms with van der Waals surface area (Å²) in [7, 11) is 1.56. The molecule has 4 heterocycles. The van der Waals surface area contributed by atoms with Gasteiger partial charge in [0, 0.05) is 38.9 Å². The van der Waals surface area contributed by atoms with E-state index in [4.69, 9.17) is 5.73 Å². The Hall–Kier alpha value is -4.35. The lowest BCUT2D eigenvalue weighted by molar-refractivity contribution is 0.0940. The first kappa shape index (κ1) is 27.2. The van der Waals surface area contributed by atoms with Crippen LogP contribution in [-0.2, 0) is 20.1 Å². The highest BCUT2D eigenvalue weighted by Gasteiger charge is 2.33. The maximum atomic E-state index is 14.1. The normalized spacial score (nSPS) is 17.1. The highest BCUT2D eigenvalue weighted by molar-refractivity contribution is 6.11. The van der Waals surface area contributed by atoms with Gasteiger partial charge in [0.2, 0.25) is 0 Å². The number of amides is 1. The highest BCUT2D eigenvalue weighted by atomic mass is 16.2. The molecule has 0 aromatic carbocycles. The van der Waals surface area contributed by atoms with E-state index in [0.717, 1.165) is 36.7 Å². The zero-order valence-electron chi connectivity index (χ0n) is 22.9. The van der Waals surface area contributed by atoms with Crippen molar-refractivity contribution in [2.45, 2.75) is 58.2 Å². The summed E-state index contributed by atoms with van der Waals surface area (Å²) >= 11 is 0. The Kier molecular flexibility index (Phi) is 7.76. The second-order valence-corrected chi connectivity index (χ2v) is 10.6. The number of carbonyl (C=O) groups excluding carboxylic acids is 1. The molecule has 3 aromatic heterocycles. The lowest BCUT2D eigenvalue weighted by atomic mass is 9.85. The Morgan fingerprint density at radius 3 is 2.67 bits per heavy atom. The molecule has 0 unspecified atom stereocenters. The van der Waals surface area contributed by atoms with Gasteiger partial charge in [-0.25, -0.2) is 4.79 Å². The minimum absolute atomic E-state index is 0.0857. The van der Waals surface area contributed by atoms with E-state index in [1.165, 1.54) is 10.8 Å². The average molecular weight is 543 g/mol. The molecule has 11 heteroatoms. The third-order valence-electron chi connectivity index (χ3n) is 8.00. The molecule has 5 rings (SSSR count). The number of rotatable bonds is 7. The number of carbonyl (C=O) groups is 1. The zero-order chi connectivity index (χ0) is 28.4. The van der Waals surface area contributed by atoms with Crippen LogP contribution in [-0.4, -0.2) is 50.3 Å². The van der Waals surface area contributed by atoms with Gasteiger partial charge in [0.1, 0.15) is 23.0 Å². The number of piperidine rings is 1. The van der Waals surface area contributed by atoms with E-state index in [-0.39, 0.29) is 41.6 Å². The van der Waals surface area contributed by atoms with Gasteiger partial charge in [0.15, 0.2) is 0 Å². The van der Waals surface area contributed by atoms with E-state index in [1.807, 2.05) is 4.90 Å². The number of nitrogens with one attached hydrogen (secondary N) is 1. The number of nitrogens with two attached hydrogens (primary N) is 1. The van der Waals surface area contributed by atoms with Crippen LogP contribution in [0.5, 0.6) is 0 Å². The van der Waals surface area contributed by atoms with Crippen molar-refractivity contribution in [2.24, 2.45) is 18.7 Å². The molecule has 1 saturated carbocycles. The molecular formula is C29H34N8O3. The molecule has 40 heavy (non-hydrogen) atoms. The van der Waals surface area contributed by atoms with Crippen LogP contribution in [0, 0.1) is 29.1 Å². The third-order valence-corrected chi connectivity index (χ3v) is 8.00. The quantitative estimate of drug-likeness (QED) is 0.428. The fourth-order valence-electron chi connectivity index (χ4n) is 5.66. The number of fused-ring (bicyclic) bond motifs is 1. The number of nitriles is 1. The van der Waals surface area contributed by atoms with Gasteiger partial charge in [-0.1, -0.05) is 12.3 Å². The molecule has 2 aliphatic rings. The second kappa shape index (κ2) is 11.4. The number of hydrogen-bond donors (Lipinski definition) is 2. The van der Waals surface area contributed by atoms with Gasteiger partial charge in [-0.2, -0.15) is 5.26 Å². The van der Waals surface area contributed by atoms with Gasteiger partial charge >= 0.3 is 5.69 Å². The summed E-state index contributed by atoms with van der Waals surface area (Å²) in [5, 5.41) is 12.6. The molecule has 1 saturated heterocycles. The fourth-order valence-corrected chi connectivity index (χ4v) is 5.66. The van der Waals surface area contributed by atoms with E-state index in [9.17, 15) is 19.6 Å². The summed E-state index contributed by atoms with van der Waals surface area (Å²) in [4.78, 5) is 48.0. The van der Waals surface area contributed by atoms with Crippen molar-refractivity contribution in [1.29, 1.82) is 5.26 Å². The van der Waals surface area contributed by atoms with Gasteiger partial charge in [0.25, 0.3) is 11.5 Å². The van der Waals surface area contributed by atoms with Crippen LogP contribution in [0.15, 0.2) is 27.9 Å². The lowest BCUT2D eigenvalue weighted by Gasteiger charge is -2.33. The maximum absolute atomic E-state index is 14.1. The Balaban J connectivity index is 1.77. The summed E-state index contributed by atoms with van der Waals surface area (Å²) in [5.74, 6) is 6.61. The first-order valence-corrected chi connectivity index (χ1v) is 13.7. The van der Waals surface area contributed by atoms with E-state index in [2.05, 4.69) is 28.2 Å². The molecular weight excluding hydrogens is 508 g/mol. The van der Waals surface area contributed by atoms with Gasteiger partial charge < -0.3 is 20.5 Å². The number of anilines is 1.